The van der Waals surface area contributed by atoms with E-state index in [0.717, 1.165) is 16.7 Å². The molecule has 1 aliphatic rings. The van der Waals surface area contributed by atoms with Crippen LogP contribution < -0.4 is 10.6 Å². The number of anilines is 2. The average Bonchev–Trinajstić information content (AvgIpc) is 2.09. The molecule has 1 atom stereocenters. The van der Waals surface area contributed by atoms with Crippen molar-refractivity contribution in [2.45, 2.75) is 19.4 Å². The van der Waals surface area contributed by atoms with Crippen LogP contribution in [0.25, 0.3) is 0 Å². The monoisotopic (exact) mass is 240 g/mol. The van der Waals surface area contributed by atoms with E-state index in [2.05, 4.69) is 39.9 Å². The summed E-state index contributed by atoms with van der Waals surface area (Å²) in [7, 11) is 0. The van der Waals surface area contributed by atoms with Gasteiger partial charge in [-0.05, 0) is 47.5 Å². The SMILES string of the molecule is CC1CCN1c1ccc(N)c(Br)c1. The van der Waals surface area contributed by atoms with Gasteiger partial charge in [0.2, 0.25) is 0 Å². The summed E-state index contributed by atoms with van der Waals surface area (Å²) in [5.74, 6) is 0. The maximum atomic E-state index is 5.72. The zero-order valence-electron chi connectivity index (χ0n) is 7.63. The summed E-state index contributed by atoms with van der Waals surface area (Å²) in [5, 5.41) is 0. The Morgan fingerprint density at radius 1 is 1.54 bits per heavy atom. The van der Waals surface area contributed by atoms with Crippen LogP contribution in [0.5, 0.6) is 0 Å². The van der Waals surface area contributed by atoms with Crippen LogP contribution in [0.4, 0.5) is 11.4 Å². The van der Waals surface area contributed by atoms with E-state index in [4.69, 9.17) is 5.73 Å². The van der Waals surface area contributed by atoms with Gasteiger partial charge in [0.15, 0.2) is 0 Å². The second-order valence-corrected chi connectivity index (χ2v) is 4.39. The normalized spacial score (nSPS) is 21.4. The molecule has 1 aliphatic heterocycles. The third kappa shape index (κ3) is 1.53. The summed E-state index contributed by atoms with van der Waals surface area (Å²) in [6.45, 7) is 3.41. The smallest absolute Gasteiger partial charge is 0.0460 e. The van der Waals surface area contributed by atoms with Crippen LogP contribution >= 0.6 is 15.9 Å². The topological polar surface area (TPSA) is 29.3 Å². The Labute approximate surface area is 86.9 Å². The van der Waals surface area contributed by atoms with E-state index >= 15 is 0 Å². The van der Waals surface area contributed by atoms with Crippen LogP contribution in [-0.4, -0.2) is 12.6 Å². The number of hydrogen-bond donors (Lipinski definition) is 1. The lowest BCUT2D eigenvalue weighted by Gasteiger charge is -2.40. The number of rotatable bonds is 1. The fourth-order valence-corrected chi connectivity index (χ4v) is 1.96. The molecular formula is C10H13BrN2. The minimum absolute atomic E-state index is 0.676. The Kier molecular flexibility index (Phi) is 2.20. The number of benzene rings is 1. The van der Waals surface area contributed by atoms with Gasteiger partial charge in [0, 0.05) is 28.4 Å². The van der Waals surface area contributed by atoms with Crippen LogP contribution in [-0.2, 0) is 0 Å². The molecule has 0 saturated carbocycles. The summed E-state index contributed by atoms with van der Waals surface area (Å²) in [4.78, 5) is 2.38. The first-order chi connectivity index (χ1) is 6.18. The molecule has 1 saturated heterocycles. The molecule has 0 amide bonds. The average molecular weight is 241 g/mol. The molecular weight excluding hydrogens is 228 g/mol. The van der Waals surface area contributed by atoms with E-state index in [1.165, 1.54) is 12.1 Å². The molecule has 0 spiro atoms. The van der Waals surface area contributed by atoms with Crippen LogP contribution in [0.1, 0.15) is 13.3 Å². The first-order valence-corrected chi connectivity index (χ1v) is 5.29. The van der Waals surface area contributed by atoms with Crippen LogP contribution in [0.3, 0.4) is 0 Å². The Balaban J connectivity index is 2.26. The quantitative estimate of drug-likeness (QED) is 0.766. The van der Waals surface area contributed by atoms with Gasteiger partial charge in [0.05, 0.1) is 0 Å². The van der Waals surface area contributed by atoms with E-state index in [9.17, 15) is 0 Å². The van der Waals surface area contributed by atoms with E-state index in [-0.39, 0.29) is 0 Å². The predicted octanol–water partition coefficient (Wildman–Crippen LogP) is 2.63. The molecule has 0 radical (unpaired) electrons. The van der Waals surface area contributed by atoms with Gasteiger partial charge in [-0.3, -0.25) is 0 Å². The van der Waals surface area contributed by atoms with Crippen molar-refractivity contribution in [3.05, 3.63) is 22.7 Å². The fourth-order valence-electron chi connectivity index (χ4n) is 1.59. The minimum Gasteiger partial charge on any atom is -0.398 e. The first-order valence-electron chi connectivity index (χ1n) is 4.50. The van der Waals surface area contributed by atoms with Crippen molar-refractivity contribution in [1.82, 2.24) is 0 Å². The van der Waals surface area contributed by atoms with E-state index in [1.807, 2.05) is 6.07 Å². The highest BCUT2D eigenvalue weighted by atomic mass is 79.9. The van der Waals surface area contributed by atoms with Gasteiger partial charge in [-0.25, -0.2) is 0 Å². The maximum Gasteiger partial charge on any atom is 0.0460 e. The zero-order chi connectivity index (χ0) is 9.42. The molecule has 1 heterocycles. The molecule has 0 aliphatic carbocycles. The van der Waals surface area contributed by atoms with E-state index in [1.54, 1.807) is 0 Å². The van der Waals surface area contributed by atoms with Gasteiger partial charge in [0.1, 0.15) is 0 Å². The molecule has 13 heavy (non-hydrogen) atoms. The summed E-state index contributed by atoms with van der Waals surface area (Å²) in [6.07, 6.45) is 1.29. The highest BCUT2D eigenvalue weighted by molar-refractivity contribution is 9.10. The second-order valence-electron chi connectivity index (χ2n) is 3.54. The van der Waals surface area contributed by atoms with E-state index < -0.39 is 0 Å². The molecule has 70 valence electrons. The molecule has 3 heteroatoms. The third-order valence-corrected chi connectivity index (χ3v) is 3.32. The van der Waals surface area contributed by atoms with Crippen molar-refractivity contribution in [2.75, 3.05) is 17.2 Å². The Morgan fingerprint density at radius 3 is 2.77 bits per heavy atom. The van der Waals surface area contributed by atoms with Gasteiger partial charge in [0.25, 0.3) is 0 Å². The number of nitrogens with zero attached hydrogens (tertiary/aromatic N) is 1. The summed E-state index contributed by atoms with van der Waals surface area (Å²) in [5.41, 5.74) is 7.78. The molecule has 2 nitrogen and oxygen atoms in total. The fraction of sp³-hybridized carbons (Fsp3) is 0.400. The molecule has 2 rings (SSSR count). The summed E-state index contributed by atoms with van der Waals surface area (Å²) < 4.78 is 0.990. The lowest BCUT2D eigenvalue weighted by atomic mass is 10.0. The van der Waals surface area contributed by atoms with Crippen molar-refractivity contribution in [3.63, 3.8) is 0 Å². The lowest BCUT2D eigenvalue weighted by molar-refractivity contribution is 0.481. The summed E-state index contributed by atoms with van der Waals surface area (Å²) in [6, 6.07) is 6.79. The molecule has 2 N–H and O–H groups in total. The Morgan fingerprint density at radius 2 is 2.31 bits per heavy atom. The van der Waals surface area contributed by atoms with Crippen molar-refractivity contribution in [2.24, 2.45) is 0 Å². The summed E-state index contributed by atoms with van der Waals surface area (Å²) >= 11 is 3.44. The zero-order valence-corrected chi connectivity index (χ0v) is 9.21. The number of nitrogen functional groups attached to an aromatic ring is 1. The highest BCUT2D eigenvalue weighted by Crippen LogP contribution is 2.30. The van der Waals surface area contributed by atoms with Gasteiger partial charge in [-0.1, -0.05) is 0 Å². The molecule has 1 aromatic carbocycles. The molecule has 1 fully saturated rings. The van der Waals surface area contributed by atoms with Crippen LogP contribution in [0, 0.1) is 0 Å². The maximum absolute atomic E-state index is 5.72. The molecule has 0 aromatic heterocycles. The first kappa shape index (κ1) is 8.88. The predicted molar refractivity (Wildman–Crippen MR) is 60.0 cm³/mol. The van der Waals surface area contributed by atoms with Crippen molar-refractivity contribution in [3.8, 4) is 0 Å². The molecule has 1 unspecified atom stereocenters. The highest BCUT2D eigenvalue weighted by Gasteiger charge is 2.23. The standard InChI is InChI=1S/C10H13BrN2/c1-7-4-5-13(7)8-2-3-10(12)9(11)6-8/h2-3,6-7H,4-5,12H2,1H3. The van der Waals surface area contributed by atoms with E-state index in [0.29, 0.717) is 6.04 Å². The van der Waals surface area contributed by atoms with Gasteiger partial charge in [-0.15, -0.1) is 0 Å². The van der Waals surface area contributed by atoms with Gasteiger partial charge in [-0.2, -0.15) is 0 Å². The molecule has 0 bridgehead atoms. The lowest BCUT2D eigenvalue weighted by Crippen LogP contribution is -2.45. The third-order valence-electron chi connectivity index (χ3n) is 2.64. The Hall–Kier alpha value is -0.700. The van der Waals surface area contributed by atoms with Crippen molar-refractivity contribution >= 4 is 27.3 Å². The van der Waals surface area contributed by atoms with Gasteiger partial charge < -0.3 is 10.6 Å². The number of nitrogens with two attached hydrogens (primary N) is 1. The second kappa shape index (κ2) is 3.22. The van der Waals surface area contributed by atoms with Crippen molar-refractivity contribution < 1.29 is 0 Å². The number of hydrogen-bond acceptors (Lipinski definition) is 2. The van der Waals surface area contributed by atoms with Crippen LogP contribution in [0.15, 0.2) is 22.7 Å². The van der Waals surface area contributed by atoms with Crippen molar-refractivity contribution in [1.29, 1.82) is 0 Å². The minimum atomic E-state index is 0.676. The Bertz CT molecular complexity index is 325. The van der Waals surface area contributed by atoms with Crippen LogP contribution in [0.2, 0.25) is 0 Å². The number of halogens is 1. The largest absolute Gasteiger partial charge is 0.398 e. The molecule has 1 aromatic rings. The van der Waals surface area contributed by atoms with Gasteiger partial charge >= 0.3 is 0 Å².